The van der Waals surface area contributed by atoms with Gasteiger partial charge in [0, 0.05) is 48.2 Å². The van der Waals surface area contributed by atoms with Crippen LogP contribution in [0.1, 0.15) is 25.0 Å². The van der Waals surface area contributed by atoms with Gasteiger partial charge in [-0.15, -0.1) is 0 Å². The summed E-state index contributed by atoms with van der Waals surface area (Å²) in [5.74, 6) is -0.681. The summed E-state index contributed by atoms with van der Waals surface area (Å²) in [6, 6.07) is 15.9. The van der Waals surface area contributed by atoms with Crippen molar-refractivity contribution in [3.8, 4) is 5.75 Å². The lowest BCUT2D eigenvalue weighted by Gasteiger charge is -2.22. The predicted molar refractivity (Wildman–Crippen MR) is 165 cm³/mol. The average molecular weight is 630 g/mol. The van der Waals surface area contributed by atoms with Crippen LogP contribution in [0.15, 0.2) is 65.6 Å². The summed E-state index contributed by atoms with van der Waals surface area (Å²) < 4.78 is 5.88. The number of nitrogens with zero attached hydrogens (tertiary/aromatic N) is 3. The lowest BCUT2D eigenvalue weighted by Crippen LogP contribution is -2.27. The Balaban J connectivity index is 1.56. The topological polar surface area (TPSA) is 122 Å². The van der Waals surface area contributed by atoms with Crippen LogP contribution < -0.4 is 15.0 Å². The Morgan fingerprint density at radius 2 is 1.83 bits per heavy atom. The number of halogens is 2. The van der Waals surface area contributed by atoms with E-state index in [-0.39, 0.29) is 22.8 Å². The van der Waals surface area contributed by atoms with Crippen molar-refractivity contribution in [2.24, 2.45) is 0 Å². The van der Waals surface area contributed by atoms with E-state index < -0.39 is 28.6 Å². The Labute approximate surface area is 256 Å². The highest BCUT2D eigenvalue weighted by Crippen LogP contribution is 2.36. The molecule has 218 valence electrons. The molecule has 42 heavy (non-hydrogen) atoms. The Bertz CT molecular complexity index is 1580. The SMILES string of the molecule is CCN(CC)c1ccc(/C=C2\SC(=O)N(Cc3ccc(Cl)c(Cl)c3)C2=O)c(OCC(=O)Nc2cccc([N+](=O)[O-])c2)c1. The Hall–Kier alpha value is -4.06. The number of nitrogens with one attached hydrogen (secondary N) is 1. The molecular formula is C29H26Cl2N4O6S. The van der Waals surface area contributed by atoms with Crippen LogP contribution in [0.2, 0.25) is 10.0 Å². The van der Waals surface area contributed by atoms with Gasteiger partial charge < -0.3 is 15.0 Å². The molecule has 1 saturated heterocycles. The third kappa shape index (κ3) is 7.41. The van der Waals surface area contributed by atoms with E-state index in [1.54, 1.807) is 36.4 Å². The van der Waals surface area contributed by atoms with Gasteiger partial charge in [-0.2, -0.15) is 0 Å². The van der Waals surface area contributed by atoms with Gasteiger partial charge in [-0.05, 0) is 67.6 Å². The summed E-state index contributed by atoms with van der Waals surface area (Å²) in [6.45, 7) is 5.11. The van der Waals surface area contributed by atoms with Crippen LogP contribution in [0.3, 0.4) is 0 Å². The number of carbonyl (C=O) groups is 3. The molecule has 1 fully saturated rings. The van der Waals surface area contributed by atoms with Crippen molar-refractivity contribution >= 4 is 75.2 Å². The van der Waals surface area contributed by atoms with Crippen molar-refractivity contribution in [1.82, 2.24) is 4.90 Å². The second kappa shape index (κ2) is 13.7. The number of imide groups is 1. The standard InChI is InChI=1S/C29H26Cl2N4O6S/c1-3-33(4-2)21-10-9-19(25(15-21)41-17-27(36)32-20-6-5-7-22(14-20)35(39)40)13-26-28(37)34(29(38)42-26)16-18-8-11-23(30)24(31)12-18/h5-15H,3-4,16-17H2,1-2H3,(H,32,36)/b26-13-. The molecule has 3 aromatic carbocycles. The van der Waals surface area contributed by atoms with Crippen LogP contribution in [0.5, 0.6) is 5.75 Å². The van der Waals surface area contributed by atoms with Crippen molar-refractivity contribution in [3.05, 3.63) is 96.9 Å². The van der Waals surface area contributed by atoms with Gasteiger partial charge in [0.1, 0.15) is 5.75 Å². The maximum Gasteiger partial charge on any atom is 0.293 e. The summed E-state index contributed by atoms with van der Waals surface area (Å²) in [6.07, 6.45) is 1.56. The quantitative estimate of drug-likeness (QED) is 0.137. The molecule has 0 aliphatic carbocycles. The highest BCUT2D eigenvalue weighted by atomic mass is 35.5. The Morgan fingerprint density at radius 1 is 1.07 bits per heavy atom. The van der Waals surface area contributed by atoms with E-state index in [1.807, 2.05) is 19.9 Å². The molecule has 1 aliphatic rings. The molecule has 1 heterocycles. The fraction of sp³-hybridized carbons (Fsp3) is 0.207. The molecule has 0 bridgehead atoms. The molecule has 1 aliphatic heterocycles. The van der Waals surface area contributed by atoms with Crippen molar-refractivity contribution in [2.45, 2.75) is 20.4 Å². The lowest BCUT2D eigenvalue weighted by molar-refractivity contribution is -0.384. The summed E-state index contributed by atoms with van der Waals surface area (Å²) in [4.78, 5) is 52.5. The van der Waals surface area contributed by atoms with Gasteiger partial charge in [0.05, 0.1) is 26.4 Å². The molecule has 3 aromatic rings. The second-order valence-corrected chi connectivity index (χ2v) is 10.9. The van der Waals surface area contributed by atoms with E-state index in [0.29, 0.717) is 26.9 Å². The van der Waals surface area contributed by atoms with E-state index in [1.165, 1.54) is 24.3 Å². The minimum absolute atomic E-state index is 0.0287. The molecular weight excluding hydrogens is 603 g/mol. The van der Waals surface area contributed by atoms with E-state index in [2.05, 4.69) is 10.2 Å². The zero-order valence-corrected chi connectivity index (χ0v) is 25.0. The summed E-state index contributed by atoms with van der Waals surface area (Å²) in [5, 5.41) is 13.9. The number of rotatable bonds is 11. The largest absolute Gasteiger partial charge is 0.483 e. The molecule has 0 aromatic heterocycles. The van der Waals surface area contributed by atoms with Gasteiger partial charge in [-0.1, -0.05) is 35.3 Å². The van der Waals surface area contributed by atoms with Crippen LogP contribution in [0, 0.1) is 10.1 Å². The number of amides is 3. The normalized spacial score (nSPS) is 13.9. The van der Waals surface area contributed by atoms with Gasteiger partial charge >= 0.3 is 0 Å². The van der Waals surface area contributed by atoms with Crippen LogP contribution in [0.25, 0.3) is 6.08 Å². The van der Waals surface area contributed by atoms with Crippen LogP contribution in [-0.4, -0.2) is 46.6 Å². The number of carbonyl (C=O) groups excluding carboxylic acids is 3. The van der Waals surface area contributed by atoms with Crippen molar-refractivity contribution in [2.75, 3.05) is 29.9 Å². The third-order valence-corrected chi connectivity index (χ3v) is 7.96. The maximum atomic E-state index is 13.2. The zero-order valence-electron chi connectivity index (χ0n) is 22.6. The number of ether oxygens (including phenoxy) is 1. The van der Waals surface area contributed by atoms with Gasteiger partial charge in [-0.25, -0.2) is 0 Å². The first kappa shape index (κ1) is 30.9. The third-order valence-electron chi connectivity index (χ3n) is 6.31. The number of nitro benzene ring substituents is 1. The monoisotopic (exact) mass is 628 g/mol. The van der Waals surface area contributed by atoms with Gasteiger partial charge in [0.25, 0.3) is 22.7 Å². The minimum Gasteiger partial charge on any atom is -0.483 e. The second-order valence-electron chi connectivity index (χ2n) is 9.06. The van der Waals surface area contributed by atoms with Gasteiger partial charge in [0.15, 0.2) is 6.61 Å². The molecule has 3 amide bonds. The number of nitro groups is 1. The first-order valence-corrected chi connectivity index (χ1v) is 14.4. The molecule has 0 atom stereocenters. The van der Waals surface area contributed by atoms with Crippen molar-refractivity contribution < 1.29 is 24.0 Å². The van der Waals surface area contributed by atoms with E-state index in [4.69, 9.17) is 27.9 Å². The van der Waals surface area contributed by atoms with Crippen LogP contribution >= 0.6 is 35.0 Å². The maximum absolute atomic E-state index is 13.2. The molecule has 0 unspecified atom stereocenters. The number of hydrogen-bond acceptors (Lipinski definition) is 8. The molecule has 0 saturated carbocycles. The number of benzene rings is 3. The predicted octanol–water partition coefficient (Wildman–Crippen LogP) is 7.00. The molecule has 0 spiro atoms. The van der Waals surface area contributed by atoms with Crippen molar-refractivity contribution in [3.63, 3.8) is 0 Å². The Kier molecular flexibility index (Phi) is 10.1. The van der Waals surface area contributed by atoms with Gasteiger partial charge in [-0.3, -0.25) is 29.4 Å². The first-order chi connectivity index (χ1) is 20.1. The summed E-state index contributed by atoms with van der Waals surface area (Å²) >= 11 is 12.9. The first-order valence-electron chi connectivity index (χ1n) is 12.8. The highest BCUT2D eigenvalue weighted by molar-refractivity contribution is 8.18. The molecule has 4 rings (SSSR count). The number of hydrogen-bond donors (Lipinski definition) is 1. The molecule has 0 radical (unpaired) electrons. The minimum atomic E-state index is -0.552. The van der Waals surface area contributed by atoms with E-state index >= 15 is 0 Å². The van der Waals surface area contributed by atoms with E-state index in [0.717, 1.165) is 35.4 Å². The molecule has 13 heteroatoms. The zero-order chi connectivity index (χ0) is 30.4. The number of thioether (sulfide) groups is 1. The van der Waals surface area contributed by atoms with Gasteiger partial charge in [0.2, 0.25) is 0 Å². The Morgan fingerprint density at radius 3 is 2.52 bits per heavy atom. The molecule has 10 nitrogen and oxygen atoms in total. The summed E-state index contributed by atoms with van der Waals surface area (Å²) in [7, 11) is 0. The number of non-ortho nitro benzene ring substituents is 1. The van der Waals surface area contributed by atoms with Crippen LogP contribution in [0.4, 0.5) is 21.9 Å². The number of anilines is 2. The smallest absolute Gasteiger partial charge is 0.293 e. The lowest BCUT2D eigenvalue weighted by atomic mass is 10.1. The highest BCUT2D eigenvalue weighted by Gasteiger charge is 2.35. The van der Waals surface area contributed by atoms with Crippen molar-refractivity contribution in [1.29, 1.82) is 0 Å². The molecule has 1 N–H and O–H groups in total. The summed E-state index contributed by atoms with van der Waals surface area (Å²) in [5.41, 5.74) is 2.09. The van der Waals surface area contributed by atoms with Crippen LogP contribution in [-0.2, 0) is 16.1 Å². The fourth-order valence-corrected chi connectivity index (χ4v) is 5.34. The van der Waals surface area contributed by atoms with E-state index in [9.17, 15) is 24.5 Å². The average Bonchev–Trinajstić information content (AvgIpc) is 3.22. The fourth-order valence-electron chi connectivity index (χ4n) is 4.19.